The van der Waals surface area contributed by atoms with E-state index in [1.807, 2.05) is 0 Å². The van der Waals surface area contributed by atoms with Crippen LogP contribution in [0.2, 0.25) is 0 Å². The van der Waals surface area contributed by atoms with Crippen LogP contribution >= 0.6 is 0 Å². The average Bonchev–Trinajstić information content (AvgIpc) is 1.90. The van der Waals surface area contributed by atoms with Gasteiger partial charge in [0.05, 0.1) is 0 Å². The molecular formula is C4H3F2N3. The lowest BCUT2D eigenvalue weighted by Crippen LogP contribution is -2.00. The van der Waals surface area contributed by atoms with Gasteiger partial charge in [-0.1, -0.05) is 8.96 Å². The van der Waals surface area contributed by atoms with Crippen LogP contribution in [-0.2, 0) is 0 Å². The quantitative estimate of drug-likeness (QED) is 0.533. The fourth-order valence-corrected chi connectivity index (χ4v) is 0.379. The largest absolute Gasteiger partial charge is 0.288 e. The smallest absolute Gasteiger partial charge is 0.217 e. The molecule has 1 rings (SSSR count). The average molecular weight is 131 g/mol. The van der Waals surface area contributed by atoms with Gasteiger partial charge in [0.15, 0.2) is 0 Å². The van der Waals surface area contributed by atoms with E-state index in [1.165, 1.54) is 18.5 Å². The number of nitrogens with zero attached hydrogens (tertiary/aromatic N) is 3. The van der Waals surface area contributed by atoms with Crippen molar-refractivity contribution < 1.29 is 8.96 Å². The van der Waals surface area contributed by atoms with Gasteiger partial charge < -0.3 is 0 Å². The Morgan fingerprint density at radius 3 is 2.11 bits per heavy atom. The molecule has 0 aliphatic heterocycles. The zero-order chi connectivity index (χ0) is 6.69. The van der Waals surface area contributed by atoms with Gasteiger partial charge in [-0.25, -0.2) is 9.97 Å². The third-order valence-electron chi connectivity index (χ3n) is 0.703. The van der Waals surface area contributed by atoms with Gasteiger partial charge in [-0.2, -0.15) is 0 Å². The molecule has 0 saturated carbocycles. The molecule has 1 aromatic rings. The molecule has 3 nitrogen and oxygen atoms in total. The first-order valence-electron chi connectivity index (χ1n) is 2.19. The Balaban J connectivity index is 2.85. The van der Waals surface area contributed by atoms with Crippen molar-refractivity contribution in [1.82, 2.24) is 9.97 Å². The van der Waals surface area contributed by atoms with E-state index in [0.717, 1.165) is 0 Å². The Labute approximate surface area is 49.8 Å². The Kier molecular flexibility index (Phi) is 1.53. The molecule has 0 aliphatic rings. The summed E-state index contributed by atoms with van der Waals surface area (Å²) in [5.41, 5.74) is 0. The third kappa shape index (κ3) is 1.31. The molecule has 0 saturated heterocycles. The molecule has 0 amide bonds. The van der Waals surface area contributed by atoms with Gasteiger partial charge in [0.2, 0.25) is 0 Å². The van der Waals surface area contributed by atoms with Crippen molar-refractivity contribution >= 4 is 5.95 Å². The van der Waals surface area contributed by atoms with E-state index >= 15 is 0 Å². The molecule has 0 aromatic carbocycles. The molecule has 48 valence electrons. The topological polar surface area (TPSA) is 29.0 Å². The lowest BCUT2D eigenvalue weighted by molar-refractivity contribution is 0.227. The van der Waals surface area contributed by atoms with E-state index in [0.29, 0.717) is 0 Å². The summed E-state index contributed by atoms with van der Waals surface area (Å²) in [7, 11) is 0. The van der Waals surface area contributed by atoms with Crippen LogP contribution in [0.1, 0.15) is 0 Å². The number of aromatic nitrogens is 2. The number of halogens is 2. The molecule has 1 heterocycles. The highest BCUT2D eigenvalue weighted by atomic mass is 19.4. The monoisotopic (exact) mass is 131 g/mol. The van der Waals surface area contributed by atoms with Crippen LogP contribution in [0.5, 0.6) is 0 Å². The molecule has 9 heavy (non-hydrogen) atoms. The van der Waals surface area contributed by atoms with Gasteiger partial charge in [0, 0.05) is 12.4 Å². The first-order valence-corrected chi connectivity index (χ1v) is 2.19. The zero-order valence-corrected chi connectivity index (χ0v) is 4.33. The van der Waals surface area contributed by atoms with E-state index in [2.05, 4.69) is 9.97 Å². The maximum Gasteiger partial charge on any atom is 0.288 e. The molecule has 0 radical (unpaired) electrons. The Morgan fingerprint density at radius 1 is 1.22 bits per heavy atom. The van der Waals surface area contributed by atoms with Crippen LogP contribution in [0.3, 0.4) is 0 Å². The summed E-state index contributed by atoms with van der Waals surface area (Å²) in [5.74, 6) is -0.586. The van der Waals surface area contributed by atoms with Crippen LogP contribution in [0, 0.1) is 0 Å². The molecule has 1 aromatic heterocycles. The zero-order valence-electron chi connectivity index (χ0n) is 4.33. The third-order valence-corrected chi connectivity index (χ3v) is 0.703. The van der Waals surface area contributed by atoms with Gasteiger partial charge >= 0.3 is 0 Å². The van der Waals surface area contributed by atoms with Crippen molar-refractivity contribution in [1.29, 1.82) is 0 Å². The second-order valence-electron chi connectivity index (χ2n) is 1.28. The van der Waals surface area contributed by atoms with Crippen molar-refractivity contribution in [2.24, 2.45) is 0 Å². The minimum Gasteiger partial charge on any atom is -0.217 e. The summed E-state index contributed by atoms with van der Waals surface area (Å²) in [5, 5.41) is -1.14. The molecular weight excluding hydrogens is 128 g/mol. The molecule has 5 heteroatoms. The van der Waals surface area contributed by atoms with Crippen LogP contribution in [0.15, 0.2) is 18.5 Å². The second-order valence-corrected chi connectivity index (χ2v) is 1.28. The van der Waals surface area contributed by atoms with E-state index in [1.54, 1.807) is 0 Å². The normalized spacial score (nSPS) is 9.11. The van der Waals surface area contributed by atoms with Gasteiger partial charge in [-0.05, 0) is 11.4 Å². The van der Waals surface area contributed by atoms with Gasteiger partial charge in [0.25, 0.3) is 5.95 Å². The predicted octanol–water partition coefficient (Wildman–Crippen LogP) is 1.05. The lowest BCUT2D eigenvalue weighted by Gasteiger charge is -1.95. The molecule has 0 atom stereocenters. The molecule has 0 bridgehead atoms. The van der Waals surface area contributed by atoms with Crippen LogP contribution in [-0.4, -0.2) is 9.97 Å². The van der Waals surface area contributed by atoms with Gasteiger partial charge in [-0.3, -0.25) is 0 Å². The fourth-order valence-electron chi connectivity index (χ4n) is 0.379. The summed E-state index contributed by atoms with van der Waals surface area (Å²) in [4.78, 5) is 6.49. The summed E-state index contributed by atoms with van der Waals surface area (Å²) in [6.07, 6.45) is 2.49. The maximum absolute atomic E-state index is 11.5. The van der Waals surface area contributed by atoms with E-state index < -0.39 is 11.3 Å². The SMILES string of the molecule is FN(F)c1ncccn1. The minimum atomic E-state index is -1.14. The molecule has 0 N–H and O–H groups in total. The molecule has 0 aliphatic carbocycles. The lowest BCUT2D eigenvalue weighted by atomic mass is 10.7. The van der Waals surface area contributed by atoms with Crippen LogP contribution in [0.25, 0.3) is 0 Å². The summed E-state index contributed by atoms with van der Waals surface area (Å²) in [6, 6.07) is 1.47. The highest BCUT2D eigenvalue weighted by Gasteiger charge is 2.02. The summed E-state index contributed by atoms with van der Waals surface area (Å²) < 4.78 is 23.0. The number of anilines is 1. The van der Waals surface area contributed by atoms with Gasteiger partial charge in [0.1, 0.15) is 0 Å². The van der Waals surface area contributed by atoms with Crippen molar-refractivity contribution in [3.05, 3.63) is 18.5 Å². The Morgan fingerprint density at radius 2 is 1.78 bits per heavy atom. The fraction of sp³-hybridized carbons (Fsp3) is 0. The van der Waals surface area contributed by atoms with Crippen molar-refractivity contribution in [3.8, 4) is 0 Å². The molecule has 0 fully saturated rings. The maximum atomic E-state index is 11.5. The van der Waals surface area contributed by atoms with Crippen molar-refractivity contribution in [3.63, 3.8) is 0 Å². The predicted molar refractivity (Wildman–Crippen MR) is 26.7 cm³/mol. The van der Waals surface area contributed by atoms with E-state index in [4.69, 9.17) is 0 Å². The number of rotatable bonds is 1. The highest BCUT2D eigenvalue weighted by Crippen LogP contribution is 2.03. The first kappa shape index (κ1) is 5.87. The summed E-state index contributed by atoms with van der Waals surface area (Å²) in [6.45, 7) is 0. The Bertz CT molecular complexity index is 176. The molecule has 0 unspecified atom stereocenters. The second kappa shape index (κ2) is 2.34. The number of hydrogen-bond acceptors (Lipinski definition) is 3. The molecule has 0 spiro atoms. The standard InChI is InChI=1S/C4H3F2N3/c5-9(6)4-7-2-1-3-8-4/h1-3H. The van der Waals surface area contributed by atoms with Crippen molar-refractivity contribution in [2.75, 3.05) is 5.34 Å². The van der Waals surface area contributed by atoms with Crippen LogP contribution in [0.4, 0.5) is 14.9 Å². The minimum absolute atomic E-state index is 0.586. The first-order chi connectivity index (χ1) is 4.30. The van der Waals surface area contributed by atoms with Crippen molar-refractivity contribution in [2.45, 2.75) is 0 Å². The number of hydrogen-bond donors (Lipinski definition) is 0. The van der Waals surface area contributed by atoms with E-state index in [9.17, 15) is 8.96 Å². The van der Waals surface area contributed by atoms with Gasteiger partial charge in [-0.15, -0.1) is 0 Å². The Hall–Kier alpha value is -1.26. The summed E-state index contributed by atoms with van der Waals surface area (Å²) >= 11 is 0. The highest BCUT2D eigenvalue weighted by molar-refractivity contribution is 5.17. The van der Waals surface area contributed by atoms with E-state index in [-0.39, 0.29) is 0 Å². The van der Waals surface area contributed by atoms with Crippen LogP contribution < -0.4 is 5.34 Å².